The molecule has 0 saturated carbocycles. The number of aliphatic hydroxyl groups excluding tert-OH is 4. The van der Waals surface area contributed by atoms with Crippen LogP contribution in [0.1, 0.15) is 6.92 Å². The number of amides is 1. The van der Waals surface area contributed by atoms with Gasteiger partial charge < -0.3 is 36.2 Å². The molecule has 1 heterocycles. The second kappa shape index (κ2) is 5.71. The molecule has 7 N–H and O–H groups in total. The Morgan fingerprint density at radius 3 is 2.47 bits per heavy atom. The molecule has 0 bridgehead atoms. The molecule has 0 spiro atoms. The van der Waals surface area contributed by atoms with Crippen LogP contribution in [0, 0.1) is 0 Å². The molecular formula is C9H18N2O6. The van der Waals surface area contributed by atoms with Crippen molar-refractivity contribution in [2.45, 2.75) is 43.6 Å². The van der Waals surface area contributed by atoms with Crippen molar-refractivity contribution in [3.63, 3.8) is 0 Å². The minimum atomic E-state index is -1.52. The summed E-state index contributed by atoms with van der Waals surface area (Å²) in [4.78, 5) is 11.3. The second-order valence-corrected chi connectivity index (χ2v) is 4.05. The molecule has 0 aliphatic carbocycles. The fraction of sp³-hybridized carbons (Fsp3) is 0.889. The molecule has 1 aliphatic heterocycles. The Bertz CT molecular complexity index is 274. The normalized spacial score (nSPS) is 39.8. The summed E-state index contributed by atoms with van der Waals surface area (Å²) in [5.74, 6) is -0.591. The van der Waals surface area contributed by atoms with Crippen LogP contribution >= 0.6 is 0 Å². The molecule has 0 aromatic rings. The molecule has 1 aliphatic rings. The van der Waals surface area contributed by atoms with Crippen molar-refractivity contribution in [3.8, 4) is 0 Å². The highest BCUT2D eigenvalue weighted by atomic mass is 16.6. The van der Waals surface area contributed by atoms with E-state index in [0.717, 1.165) is 0 Å². The van der Waals surface area contributed by atoms with Crippen molar-refractivity contribution in [2.75, 3.05) is 6.61 Å². The summed E-state index contributed by atoms with van der Waals surface area (Å²) < 4.78 is 4.85. The molecule has 1 saturated heterocycles. The van der Waals surface area contributed by atoms with E-state index < -0.39 is 49.2 Å². The van der Waals surface area contributed by atoms with E-state index in [1.165, 1.54) is 6.92 Å². The Balaban J connectivity index is 2.69. The maximum absolute atomic E-state index is 11.3. The smallest absolute Gasteiger partial charge is 0.237 e. The Morgan fingerprint density at radius 2 is 2.00 bits per heavy atom. The van der Waals surface area contributed by atoms with E-state index in [1.54, 1.807) is 0 Å². The third-order valence-electron chi connectivity index (χ3n) is 2.62. The summed E-state index contributed by atoms with van der Waals surface area (Å²) >= 11 is 0. The third-order valence-corrected chi connectivity index (χ3v) is 2.62. The van der Waals surface area contributed by atoms with E-state index in [1.807, 2.05) is 0 Å². The fourth-order valence-electron chi connectivity index (χ4n) is 1.55. The molecule has 8 heteroatoms. The third kappa shape index (κ3) is 3.12. The van der Waals surface area contributed by atoms with Gasteiger partial charge in [0, 0.05) is 0 Å². The zero-order chi connectivity index (χ0) is 13.2. The number of ether oxygens (including phenoxy) is 1. The van der Waals surface area contributed by atoms with Crippen LogP contribution in [0.5, 0.6) is 0 Å². The van der Waals surface area contributed by atoms with E-state index in [-0.39, 0.29) is 0 Å². The number of carbonyl (C=O) groups excluding carboxylic acids is 1. The van der Waals surface area contributed by atoms with Crippen LogP contribution in [0.2, 0.25) is 0 Å². The maximum Gasteiger partial charge on any atom is 0.237 e. The zero-order valence-electron chi connectivity index (χ0n) is 9.35. The highest BCUT2D eigenvalue weighted by Crippen LogP contribution is 2.19. The Kier molecular flexibility index (Phi) is 4.80. The average molecular weight is 250 g/mol. The van der Waals surface area contributed by atoms with Crippen LogP contribution in [0.15, 0.2) is 0 Å². The first-order chi connectivity index (χ1) is 7.88. The molecule has 1 fully saturated rings. The van der Waals surface area contributed by atoms with Crippen molar-refractivity contribution < 1.29 is 30.0 Å². The van der Waals surface area contributed by atoms with Crippen molar-refractivity contribution >= 4 is 5.91 Å². The van der Waals surface area contributed by atoms with Crippen molar-refractivity contribution in [2.24, 2.45) is 5.73 Å². The molecule has 0 unspecified atom stereocenters. The minimum Gasteiger partial charge on any atom is -0.394 e. The predicted molar refractivity (Wildman–Crippen MR) is 55.6 cm³/mol. The van der Waals surface area contributed by atoms with Gasteiger partial charge in [0.2, 0.25) is 5.91 Å². The Hall–Kier alpha value is -0.770. The fourth-order valence-corrected chi connectivity index (χ4v) is 1.55. The summed E-state index contributed by atoms with van der Waals surface area (Å²) in [6, 6.07) is -2.01. The highest BCUT2D eigenvalue weighted by Gasteiger charge is 2.44. The zero-order valence-corrected chi connectivity index (χ0v) is 9.35. The van der Waals surface area contributed by atoms with E-state index in [4.69, 9.17) is 15.6 Å². The average Bonchev–Trinajstić information content (AvgIpc) is 2.28. The number of rotatable bonds is 3. The molecule has 0 radical (unpaired) electrons. The number of nitrogens with two attached hydrogens (primary N) is 1. The predicted octanol–water partition coefficient (Wildman–Crippen LogP) is -3.75. The quantitative estimate of drug-likeness (QED) is 0.302. The van der Waals surface area contributed by atoms with Crippen molar-refractivity contribution in [1.82, 2.24) is 5.32 Å². The van der Waals surface area contributed by atoms with Gasteiger partial charge in [0.1, 0.15) is 24.4 Å². The summed E-state index contributed by atoms with van der Waals surface area (Å²) in [5.41, 5.74) is 5.31. The number of hydrogen-bond donors (Lipinski definition) is 6. The minimum absolute atomic E-state index is 0.552. The van der Waals surface area contributed by atoms with Gasteiger partial charge in [0.25, 0.3) is 0 Å². The first kappa shape index (κ1) is 14.3. The van der Waals surface area contributed by atoms with Crippen LogP contribution < -0.4 is 11.1 Å². The van der Waals surface area contributed by atoms with Crippen LogP contribution in [-0.4, -0.2) is 69.6 Å². The standard InChI is InChI=1S/C9H18N2O6/c1-3(10)8(15)11-5-7(14)6(13)4(2-12)17-9(5)16/h3-7,9,12-14,16H,2,10H2,1H3,(H,11,15)/t3-,4-,5+,6+,7-,9-/m0/s1. The molecule has 100 valence electrons. The molecular weight excluding hydrogens is 232 g/mol. The highest BCUT2D eigenvalue weighted by molar-refractivity contribution is 5.81. The van der Waals surface area contributed by atoms with E-state index in [2.05, 4.69) is 5.32 Å². The van der Waals surface area contributed by atoms with Gasteiger partial charge in [0.15, 0.2) is 6.29 Å². The molecule has 0 aromatic carbocycles. The monoisotopic (exact) mass is 250 g/mol. The van der Waals surface area contributed by atoms with Gasteiger partial charge in [-0.25, -0.2) is 0 Å². The van der Waals surface area contributed by atoms with Gasteiger partial charge in [-0.1, -0.05) is 0 Å². The molecule has 6 atom stereocenters. The van der Waals surface area contributed by atoms with Crippen LogP contribution in [0.3, 0.4) is 0 Å². The summed E-state index contributed by atoms with van der Waals surface area (Å²) in [5, 5.41) is 39.9. The first-order valence-corrected chi connectivity index (χ1v) is 5.25. The maximum atomic E-state index is 11.3. The largest absolute Gasteiger partial charge is 0.394 e. The van der Waals surface area contributed by atoms with E-state index in [0.29, 0.717) is 0 Å². The number of aliphatic hydroxyl groups is 4. The van der Waals surface area contributed by atoms with Crippen LogP contribution in [0.25, 0.3) is 0 Å². The number of carbonyl (C=O) groups is 1. The lowest BCUT2D eigenvalue weighted by Gasteiger charge is -2.40. The van der Waals surface area contributed by atoms with Crippen molar-refractivity contribution in [3.05, 3.63) is 0 Å². The Morgan fingerprint density at radius 1 is 1.41 bits per heavy atom. The van der Waals surface area contributed by atoms with Crippen molar-refractivity contribution in [1.29, 1.82) is 0 Å². The lowest BCUT2D eigenvalue weighted by Crippen LogP contribution is -2.65. The molecule has 1 amide bonds. The Labute approximate surface area is 98.0 Å². The first-order valence-electron chi connectivity index (χ1n) is 5.25. The van der Waals surface area contributed by atoms with Gasteiger partial charge in [-0.3, -0.25) is 4.79 Å². The SMILES string of the molecule is C[C@H](N)C(=O)N[C@@H]1[C@H](O)[C@H](O)[C@H](CO)O[C@@H]1O. The van der Waals surface area contributed by atoms with Gasteiger partial charge in [0.05, 0.1) is 12.6 Å². The van der Waals surface area contributed by atoms with Gasteiger partial charge in [-0.2, -0.15) is 0 Å². The lowest BCUT2D eigenvalue weighted by molar-refractivity contribution is -0.253. The molecule has 17 heavy (non-hydrogen) atoms. The molecule has 1 rings (SSSR count). The van der Waals surface area contributed by atoms with E-state index in [9.17, 15) is 20.1 Å². The molecule has 0 aromatic heterocycles. The van der Waals surface area contributed by atoms with Gasteiger partial charge in [-0.05, 0) is 6.92 Å². The van der Waals surface area contributed by atoms with Crippen LogP contribution in [-0.2, 0) is 9.53 Å². The van der Waals surface area contributed by atoms with Gasteiger partial charge in [-0.15, -0.1) is 0 Å². The second-order valence-electron chi connectivity index (χ2n) is 4.05. The summed E-state index contributed by atoms with van der Waals surface area (Å²) in [6.45, 7) is 0.883. The van der Waals surface area contributed by atoms with E-state index >= 15 is 0 Å². The summed E-state index contributed by atoms with van der Waals surface area (Å²) in [7, 11) is 0. The summed E-state index contributed by atoms with van der Waals surface area (Å²) in [6.07, 6.45) is -5.46. The topological polar surface area (TPSA) is 145 Å². The van der Waals surface area contributed by atoms with Crippen LogP contribution in [0.4, 0.5) is 0 Å². The number of nitrogens with one attached hydrogen (secondary N) is 1. The lowest BCUT2D eigenvalue weighted by atomic mass is 9.97. The number of hydrogen-bond acceptors (Lipinski definition) is 7. The van der Waals surface area contributed by atoms with Gasteiger partial charge >= 0.3 is 0 Å². The molecule has 8 nitrogen and oxygen atoms in total.